The van der Waals surface area contributed by atoms with Gasteiger partial charge in [-0.25, -0.2) is 0 Å². The van der Waals surface area contributed by atoms with Gasteiger partial charge in [0.05, 0.1) is 15.7 Å². The van der Waals surface area contributed by atoms with E-state index in [0.29, 0.717) is 10.7 Å². The van der Waals surface area contributed by atoms with Crippen LogP contribution in [0.2, 0.25) is 15.1 Å². The minimum atomic E-state index is -0.576. The Labute approximate surface area is 238 Å². The van der Waals surface area contributed by atoms with Gasteiger partial charge in [-0.15, -0.1) is 11.8 Å². The number of nitrogens with one attached hydrogen (secondary N) is 1. The summed E-state index contributed by atoms with van der Waals surface area (Å²) < 4.78 is 2.12. The Morgan fingerprint density at radius 1 is 0.946 bits per heavy atom. The average Bonchev–Trinajstić information content (AvgIpc) is 3.23. The number of halogens is 3. The van der Waals surface area contributed by atoms with E-state index in [2.05, 4.69) is 9.88 Å². The normalized spacial score (nSPS) is 15.1. The fraction of sp³-hybridized carbons (Fsp3) is 0.0741. The molecule has 0 atom stereocenters. The lowest BCUT2D eigenvalue weighted by molar-refractivity contribution is -0.122. The van der Waals surface area contributed by atoms with E-state index in [0.717, 1.165) is 33.7 Å². The van der Waals surface area contributed by atoms with Crippen molar-refractivity contribution in [2.75, 3.05) is 10.7 Å². The summed E-state index contributed by atoms with van der Waals surface area (Å²) in [5.74, 6) is -0.321. The summed E-state index contributed by atoms with van der Waals surface area (Å²) in [6.07, 6.45) is 3.54. The number of aryl methyl sites for hydroxylation is 1. The summed E-state index contributed by atoms with van der Waals surface area (Å²) >= 11 is 25.5. The highest BCUT2D eigenvalue weighted by molar-refractivity contribution is 7.99. The van der Waals surface area contributed by atoms with Gasteiger partial charge in [-0.2, -0.15) is 0 Å². The van der Waals surface area contributed by atoms with Gasteiger partial charge < -0.3 is 4.57 Å². The van der Waals surface area contributed by atoms with E-state index in [1.807, 2.05) is 54.7 Å². The maximum Gasteiger partial charge on any atom is 0.270 e. The molecule has 0 radical (unpaired) electrons. The van der Waals surface area contributed by atoms with E-state index in [-0.39, 0.29) is 20.7 Å². The lowest BCUT2D eigenvalue weighted by atomic mass is 10.1. The Hall–Kier alpha value is -2.81. The van der Waals surface area contributed by atoms with Crippen molar-refractivity contribution in [1.82, 2.24) is 9.88 Å². The van der Waals surface area contributed by atoms with Crippen molar-refractivity contribution in [2.45, 2.75) is 11.4 Å². The van der Waals surface area contributed by atoms with Crippen LogP contribution in [-0.2, 0) is 16.1 Å². The van der Waals surface area contributed by atoms with Gasteiger partial charge in [-0.1, -0.05) is 59.1 Å². The zero-order chi connectivity index (χ0) is 26.1. The highest BCUT2D eigenvalue weighted by atomic mass is 35.5. The van der Waals surface area contributed by atoms with Crippen LogP contribution in [0.25, 0.3) is 17.0 Å². The number of thiocarbonyl (C=S) groups is 1. The number of para-hydroxylation sites is 1. The third-order valence-electron chi connectivity index (χ3n) is 5.81. The van der Waals surface area contributed by atoms with Gasteiger partial charge in [0.2, 0.25) is 0 Å². The van der Waals surface area contributed by atoms with Crippen LogP contribution in [0, 0.1) is 0 Å². The molecule has 3 aromatic carbocycles. The Morgan fingerprint density at radius 3 is 2.49 bits per heavy atom. The van der Waals surface area contributed by atoms with Crippen molar-refractivity contribution in [1.29, 1.82) is 0 Å². The van der Waals surface area contributed by atoms with E-state index >= 15 is 0 Å². The molecule has 1 fully saturated rings. The van der Waals surface area contributed by atoms with E-state index in [4.69, 9.17) is 47.0 Å². The number of carbonyl (C=O) groups is 2. The second-order valence-electron chi connectivity index (χ2n) is 8.13. The molecule has 37 heavy (non-hydrogen) atoms. The van der Waals surface area contributed by atoms with Gasteiger partial charge in [0.25, 0.3) is 11.8 Å². The Kier molecular flexibility index (Phi) is 7.60. The number of fused-ring (bicyclic) bond motifs is 1. The number of hydrogen-bond acceptors (Lipinski definition) is 4. The van der Waals surface area contributed by atoms with Crippen molar-refractivity contribution >= 4 is 98.4 Å². The fourth-order valence-corrected chi connectivity index (χ4v) is 5.70. The number of anilines is 1. The zero-order valence-corrected chi connectivity index (χ0v) is 23.0. The van der Waals surface area contributed by atoms with Crippen LogP contribution < -0.4 is 10.2 Å². The average molecular weight is 587 g/mol. The second-order valence-corrected chi connectivity index (χ2v) is 10.9. The van der Waals surface area contributed by atoms with Crippen molar-refractivity contribution in [3.63, 3.8) is 0 Å². The molecule has 0 saturated carbocycles. The molecule has 5 nitrogen and oxygen atoms in total. The molecule has 1 saturated heterocycles. The molecule has 10 heteroatoms. The first-order valence-electron chi connectivity index (χ1n) is 11.1. The Bertz CT molecular complexity index is 1580. The smallest absolute Gasteiger partial charge is 0.270 e. The summed E-state index contributed by atoms with van der Waals surface area (Å²) in [7, 11) is 0. The quantitative estimate of drug-likeness (QED) is 0.112. The summed E-state index contributed by atoms with van der Waals surface area (Å²) in [5, 5.41) is 4.61. The molecular weight excluding hydrogens is 569 g/mol. The monoisotopic (exact) mass is 585 g/mol. The van der Waals surface area contributed by atoms with Gasteiger partial charge >= 0.3 is 0 Å². The number of nitrogens with zero attached hydrogens (tertiary/aromatic N) is 2. The largest absolute Gasteiger partial charge is 0.346 e. The molecule has 1 aliphatic rings. The summed E-state index contributed by atoms with van der Waals surface area (Å²) in [4.78, 5) is 28.7. The van der Waals surface area contributed by atoms with Gasteiger partial charge in [0, 0.05) is 44.9 Å². The number of carbonyl (C=O) groups excluding carboxylic acids is 2. The Balaban J connectivity index is 1.46. The predicted molar refractivity (Wildman–Crippen MR) is 157 cm³/mol. The summed E-state index contributed by atoms with van der Waals surface area (Å²) in [5.41, 5.74) is 2.00. The molecule has 4 aromatic rings. The van der Waals surface area contributed by atoms with E-state index in [9.17, 15) is 9.59 Å². The molecule has 1 aromatic heterocycles. The first-order valence-corrected chi connectivity index (χ1v) is 13.7. The number of benzene rings is 3. The maximum atomic E-state index is 13.5. The second kappa shape index (κ2) is 10.9. The van der Waals surface area contributed by atoms with Crippen LogP contribution in [0.1, 0.15) is 5.56 Å². The van der Waals surface area contributed by atoms with Crippen molar-refractivity contribution in [2.24, 2.45) is 0 Å². The van der Waals surface area contributed by atoms with Gasteiger partial charge in [-0.3, -0.25) is 19.8 Å². The lowest BCUT2D eigenvalue weighted by Crippen LogP contribution is -2.54. The molecule has 0 aliphatic carbocycles. The Morgan fingerprint density at radius 2 is 1.70 bits per heavy atom. The first kappa shape index (κ1) is 25.8. The highest BCUT2D eigenvalue weighted by Crippen LogP contribution is 2.35. The van der Waals surface area contributed by atoms with E-state index in [1.165, 1.54) is 4.90 Å². The van der Waals surface area contributed by atoms with E-state index < -0.39 is 11.8 Å². The SMILES string of the molecule is O=C1NC(=S)N(c2cccc(Cl)c2Cl)C(=O)/C1=C/c1cn(CCSc2ccc(Cl)cc2)c2ccccc12. The topological polar surface area (TPSA) is 54.3 Å². The number of thioether (sulfide) groups is 1. The standard InChI is InChI=1S/C27H18Cl3N3O2S2/c28-17-8-10-18(11-9-17)37-13-12-32-15-16(19-4-1-2-6-22(19)32)14-20-25(34)31-27(36)33(26(20)35)23-7-3-5-21(29)24(23)30/h1-11,14-15H,12-13H2,(H,31,34,36)/b20-14+. The third-order valence-corrected chi connectivity index (χ3v) is 8.15. The zero-order valence-electron chi connectivity index (χ0n) is 19.1. The molecule has 1 aliphatic heterocycles. The molecule has 0 unspecified atom stereocenters. The van der Waals surface area contributed by atoms with Crippen LogP contribution in [-0.4, -0.2) is 27.2 Å². The van der Waals surface area contributed by atoms with Gasteiger partial charge in [0.15, 0.2) is 5.11 Å². The van der Waals surface area contributed by atoms with E-state index in [1.54, 1.807) is 36.0 Å². The van der Waals surface area contributed by atoms with Crippen molar-refractivity contribution in [3.8, 4) is 0 Å². The van der Waals surface area contributed by atoms with Crippen LogP contribution in [0.3, 0.4) is 0 Å². The molecule has 5 rings (SSSR count). The molecule has 0 bridgehead atoms. The van der Waals surface area contributed by atoms with Crippen LogP contribution in [0.4, 0.5) is 5.69 Å². The van der Waals surface area contributed by atoms with Gasteiger partial charge in [-0.05, 0) is 60.8 Å². The van der Waals surface area contributed by atoms with Gasteiger partial charge in [0.1, 0.15) is 5.57 Å². The first-order chi connectivity index (χ1) is 17.8. The highest BCUT2D eigenvalue weighted by Gasteiger charge is 2.36. The minimum absolute atomic E-state index is 0.0527. The molecule has 186 valence electrons. The number of amides is 2. The maximum absolute atomic E-state index is 13.5. The van der Waals surface area contributed by atoms with Crippen LogP contribution in [0.5, 0.6) is 0 Å². The minimum Gasteiger partial charge on any atom is -0.346 e. The number of aromatic nitrogens is 1. The lowest BCUT2D eigenvalue weighted by Gasteiger charge is -2.29. The molecule has 1 N–H and O–H groups in total. The van der Waals surface area contributed by atoms with Crippen LogP contribution in [0.15, 0.2) is 83.4 Å². The molecule has 2 amide bonds. The van der Waals surface area contributed by atoms with Crippen LogP contribution >= 0.6 is 58.8 Å². The molecule has 2 heterocycles. The summed E-state index contributed by atoms with van der Waals surface area (Å²) in [6, 6.07) is 20.5. The molecule has 0 spiro atoms. The fourth-order valence-electron chi connectivity index (χ4n) is 4.06. The number of rotatable bonds is 6. The van der Waals surface area contributed by atoms with Crippen molar-refractivity contribution in [3.05, 3.63) is 99.1 Å². The number of hydrogen-bond donors (Lipinski definition) is 1. The third kappa shape index (κ3) is 5.28. The predicted octanol–water partition coefficient (Wildman–Crippen LogP) is 7.23. The molecular formula is C27H18Cl3N3O2S2. The van der Waals surface area contributed by atoms with Crippen molar-refractivity contribution < 1.29 is 9.59 Å². The summed E-state index contributed by atoms with van der Waals surface area (Å²) in [6.45, 7) is 0.728.